The van der Waals surface area contributed by atoms with Crippen molar-refractivity contribution in [2.24, 2.45) is 5.16 Å². The number of rotatable bonds is 2. The van der Waals surface area contributed by atoms with E-state index in [-0.39, 0.29) is 17.7 Å². The van der Waals surface area contributed by atoms with Gasteiger partial charge < -0.3 is 15.1 Å². The van der Waals surface area contributed by atoms with Crippen molar-refractivity contribution >= 4 is 11.7 Å². The summed E-state index contributed by atoms with van der Waals surface area (Å²) in [5.74, 6) is -0.544. The van der Waals surface area contributed by atoms with E-state index in [1.807, 2.05) is 0 Å². The molecular weight excluding hydrogens is 174 g/mol. The Balaban J connectivity index is 3.00. The number of methoxy groups -OCH3 is 1. The van der Waals surface area contributed by atoms with Crippen LogP contribution in [-0.4, -0.2) is 29.1 Å². The van der Waals surface area contributed by atoms with Crippen LogP contribution in [0.2, 0.25) is 0 Å². The molecule has 5 nitrogen and oxygen atoms in total. The van der Waals surface area contributed by atoms with Crippen molar-refractivity contribution in [3.8, 4) is 0 Å². The molecule has 0 aromatic heterocycles. The van der Waals surface area contributed by atoms with Crippen LogP contribution in [0.5, 0.6) is 0 Å². The van der Waals surface area contributed by atoms with Crippen LogP contribution in [0.25, 0.3) is 0 Å². The normalized spacial score (nSPS) is 19.3. The minimum Gasteiger partial charge on any atom is -0.501 e. The first-order chi connectivity index (χ1) is 6.19. The Bertz CT molecular complexity index is 314. The molecular formula is C8H9NO4. The minimum absolute atomic E-state index is 0.0108. The summed E-state index contributed by atoms with van der Waals surface area (Å²) >= 11 is 0. The van der Waals surface area contributed by atoms with E-state index in [4.69, 9.17) is 15.1 Å². The van der Waals surface area contributed by atoms with Crippen molar-refractivity contribution in [3.05, 3.63) is 23.5 Å². The van der Waals surface area contributed by atoms with Gasteiger partial charge in [-0.3, -0.25) is 0 Å². The maximum atomic E-state index is 10.6. The zero-order valence-electron chi connectivity index (χ0n) is 7.02. The SMILES string of the molecule is COC1=CC=C(C(=O)O)C(=NO)C1. The lowest BCUT2D eigenvalue weighted by Crippen LogP contribution is -2.16. The number of ether oxygens (including phenoxy) is 1. The monoisotopic (exact) mass is 183 g/mol. The second-order valence-electron chi connectivity index (χ2n) is 2.45. The molecule has 0 aliphatic heterocycles. The van der Waals surface area contributed by atoms with Gasteiger partial charge in [-0.2, -0.15) is 0 Å². The molecule has 2 N–H and O–H groups in total. The van der Waals surface area contributed by atoms with E-state index in [0.29, 0.717) is 5.76 Å². The number of oxime groups is 1. The summed E-state index contributed by atoms with van der Waals surface area (Å²) in [6.07, 6.45) is 3.09. The van der Waals surface area contributed by atoms with Crippen LogP contribution in [0, 0.1) is 0 Å². The molecule has 5 heteroatoms. The Labute approximate surface area is 74.6 Å². The average Bonchev–Trinajstić information content (AvgIpc) is 2.16. The highest BCUT2D eigenvalue weighted by atomic mass is 16.5. The summed E-state index contributed by atoms with van der Waals surface area (Å²) in [7, 11) is 1.47. The molecule has 0 aromatic rings. The van der Waals surface area contributed by atoms with Gasteiger partial charge >= 0.3 is 5.97 Å². The van der Waals surface area contributed by atoms with E-state index in [1.54, 1.807) is 0 Å². The van der Waals surface area contributed by atoms with Gasteiger partial charge in [-0.05, 0) is 12.2 Å². The van der Waals surface area contributed by atoms with Gasteiger partial charge in [0, 0.05) is 0 Å². The van der Waals surface area contributed by atoms with Gasteiger partial charge in [-0.15, -0.1) is 0 Å². The predicted molar refractivity (Wildman–Crippen MR) is 44.6 cm³/mol. The number of carboxylic acid groups (broad SMARTS) is 1. The largest absolute Gasteiger partial charge is 0.501 e. The fourth-order valence-electron chi connectivity index (χ4n) is 1.02. The summed E-state index contributed by atoms with van der Waals surface area (Å²) in [5.41, 5.74) is 0.0927. The lowest BCUT2D eigenvalue weighted by Gasteiger charge is -2.11. The Kier molecular flexibility index (Phi) is 2.69. The zero-order chi connectivity index (χ0) is 9.84. The van der Waals surface area contributed by atoms with Gasteiger partial charge in [0.2, 0.25) is 0 Å². The maximum absolute atomic E-state index is 10.6. The lowest BCUT2D eigenvalue weighted by atomic mass is 10.0. The molecule has 0 fully saturated rings. The first-order valence-electron chi connectivity index (χ1n) is 3.58. The van der Waals surface area contributed by atoms with Gasteiger partial charge in [0.15, 0.2) is 0 Å². The van der Waals surface area contributed by atoms with Gasteiger partial charge in [-0.25, -0.2) is 4.79 Å². The Hall–Kier alpha value is -1.78. The number of aliphatic carboxylic acids is 1. The van der Waals surface area contributed by atoms with Crippen molar-refractivity contribution in [3.63, 3.8) is 0 Å². The third-order valence-electron chi connectivity index (χ3n) is 1.70. The lowest BCUT2D eigenvalue weighted by molar-refractivity contribution is -0.132. The molecule has 0 amide bonds. The second kappa shape index (κ2) is 3.75. The number of hydrogen-bond donors (Lipinski definition) is 2. The highest BCUT2D eigenvalue weighted by molar-refractivity contribution is 6.20. The van der Waals surface area contributed by atoms with Crippen molar-refractivity contribution in [2.45, 2.75) is 6.42 Å². The van der Waals surface area contributed by atoms with E-state index in [0.717, 1.165) is 0 Å². The van der Waals surface area contributed by atoms with Crippen LogP contribution in [0.1, 0.15) is 6.42 Å². The molecule has 1 aliphatic carbocycles. The summed E-state index contributed by atoms with van der Waals surface area (Å²) in [6.45, 7) is 0. The molecule has 0 saturated carbocycles. The van der Waals surface area contributed by atoms with E-state index >= 15 is 0 Å². The van der Waals surface area contributed by atoms with Crippen molar-refractivity contribution < 1.29 is 19.8 Å². The molecule has 0 bridgehead atoms. The molecule has 0 radical (unpaired) electrons. The number of allylic oxidation sites excluding steroid dienone is 3. The summed E-state index contributed by atoms with van der Waals surface area (Å²) in [5, 5.41) is 20.1. The summed E-state index contributed by atoms with van der Waals surface area (Å²) in [4.78, 5) is 10.6. The Morgan fingerprint density at radius 1 is 1.62 bits per heavy atom. The molecule has 0 spiro atoms. The molecule has 13 heavy (non-hydrogen) atoms. The van der Waals surface area contributed by atoms with E-state index < -0.39 is 5.97 Å². The quantitative estimate of drug-likeness (QED) is 0.489. The highest BCUT2D eigenvalue weighted by Gasteiger charge is 2.20. The number of carboxylic acids is 1. The highest BCUT2D eigenvalue weighted by Crippen LogP contribution is 2.16. The van der Waals surface area contributed by atoms with Gasteiger partial charge in [-0.1, -0.05) is 5.16 Å². The minimum atomic E-state index is -1.11. The van der Waals surface area contributed by atoms with Crippen LogP contribution < -0.4 is 0 Å². The first-order valence-corrected chi connectivity index (χ1v) is 3.58. The molecule has 0 unspecified atom stereocenters. The predicted octanol–water partition coefficient (Wildman–Crippen LogP) is 0.762. The first kappa shape index (κ1) is 9.31. The van der Waals surface area contributed by atoms with Crippen LogP contribution >= 0.6 is 0 Å². The van der Waals surface area contributed by atoms with Gasteiger partial charge in [0.25, 0.3) is 0 Å². The second-order valence-corrected chi connectivity index (χ2v) is 2.45. The van der Waals surface area contributed by atoms with Gasteiger partial charge in [0.1, 0.15) is 11.5 Å². The van der Waals surface area contributed by atoms with E-state index in [9.17, 15) is 4.79 Å². The van der Waals surface area contributed by atoms with Crippen molar-refractivity contribution in [1.29, 1.82) is 0 Å². The molecule has 0 heterocycles. The maximum Gasteiger partial charge on any atom is 0.337 e. The van der Waals surface area contributed by atoms with Crippen molar-refractivity contribution in [1.82, 2.24) is 0 Å². The summed E-state index contributed by atoms with van der Waals surface area (Å²) < 4.78 is 4.88. The third kappa shape index (κ3) is 1.87. The summed E-state index contributed by atoms with van der Waals surface area (Å²) in [6, 6.07) is 0. The van der Waals surface area contributed by atoms with Crippen LogP contribution in [0.4, 0.5) is 0 Å². The average molecular weight is 183 g/mol. The standard InChI is InChI=1S/C8H9NO4/c1-13-5-2-3-6(8(10)11)7(4-5)9-12/h2-3,12H,4H2,1H3,(H,10,11). The van der Waals surface area contributed by atoms with Crippen LogP contribution in [0.3, 0.4) is 0 Å². The van der Waals surface area contributed by atoms with Crippen molar-refractivity contribution in [2.75, 3.05) is 7.11 Å². The fourth-order valence-corrected chi connectivity index (χ4v) is 1.02. The third-order valence-corrected chi connectivity index (χ3v) is 1.70. The molecule has 70 valence electrons. The van der Waals surface area contributed by atoms with Gasteiger partial charge in [0.05, 0.1) is 19.1 Å². The van der Waals surface area contributed by atoms with E-state index in [2.05, 4.69) is 5.16 Å². The Morgan fingerprint density at radius 3 is 2.77 bits per heavy atom. The fraction of sp³-hybridized carbons (Fsp3) is 0.250. The molecule has 0 atom stereocenters. The topological polar surface area (TPSA) is 79.1 Å². The Morgan fingerprint density at radius 2 is 2.31 bits per heavy atom. The number of hydrogen-bond acceptors (Lipinski definition) is 4. The molecule has 1 aliphatic rings. The van der Waals surface area contributed by atoms with Crippen LogP contribution in [-0.2, 0) is 9.53 Å². The number of nitrogens with zero attached hydrogens (tertiary/aromatic N) is 1. The smallest absolute Gasteiger partial charge is 0.337 e. The zero-order valence-corrected chi connectivity index (χ0v) is 7.02. The van der Waals surface area contributed by atoms with Crippen LogP contribution in [0.15, 0.2) is 28.6 Å². The number of carbonyl (C=O) groups is 1. The molecule has 0 saturated heterocycles. The molecule has 1 rings (SSSR count). The molecule has 0 aromatic carbocycles. The van der Waals surface area contributed by atoms with E-state index in [1.165, 1.54) is 19.3 Å².